The number of rotatable bonds is 6. The van der Waals surface area contributed by atoms with Crippen molar-refractivity contribution in [3.8, 4) is 5.75 Å². The summed E-state index contributed by atoms with van der Waals surface area (Å²) < 4.78 is 6.11. The first-order valence-electron chi connectivity index (χ1n) is 7.23. The molecule has 4 heteroatoms. The molecule has 3 nitrogen and oxygen atoms in total. The third-order valence-electron chi connectivity index (χ3n) is 3.47. The van der Waals surface area contributed by atoms with Crippen molar-refractivity contribution in [2.24, 2.45) is 0 Å². The molecule has 0 atom stereocenters. The molecule has 0 saturated carbocycles. The van der Waals surface area contributed by atoms with Crippen molar-refractivity contribution in [3.63, 3.8) is 0 Å². The zero-order valence-electron chi connectivity index (χ0n) is 12.9. The zero-order valence-corrected chi connectivity index (χ0v) is 14.4. The average Bonchev–Trinajstić information content (AvgIpc) is 2.52. The molecular formula is C18H20BrNO2. The van der Waals surface area contributed by atoms with Gasteiger partial charge in [-0.2, -0.15) is 0 Å². The second kappa shape index (κ2) is 7.99. The third kappa shape index (κ3) is 4.88. The number of benzene rings is 2. The number of halogens is 1. The molecule has 2 rings (SSSR count). The van der Waals surface area contributed by atoms with E-state index in [9.17, 15) is 4.79 Å². The van der Waals surface area contributed by atoms with E-state index in [-0.39, 0.29) is 5.91 Å². The fraction of sp³-hybridized carbons (Fsp3) is 0.278. The largest absolute Gasteiger partial charge is 0.496 e. The first-order chi connectivity index (χ1) is 10.6. The Bertz CT molecular complexity index is 638. The van der Waals surface area contributed by atoms with Crippen molar-refractivity contribution in [1.29, 1.82) is 0 Å². The third-order valence-corrected chi connectivity index (χ3v) is 4.09. The molecule has 22 heavy (non-hydrogen) atoms. The van der Waals surface area contributed by atoms with E-state index >= 15 is 0 Å². The van der Waals surface area contributed by atoms with Gasteiger partial charge in [-0.25, -0.2) is 0 Å². The Hall–Kier alpha value is -1.81. The quantitative estimate of drug-likeness (QED) is 0.843. The van der Waals surface area contributed by atoms with Crippen LogP contribution in [0.3, 0.4) is 0 Å². The fourth-order valence-corrected chi connectivity index (χ4v) is 2.71. The van der Waals surface area contributed by atoms with Gasteiger partial charge in [-0.15, -0.1) is 0 Å². The van der Waals surface area contributed by atoms with E-state index in [2.05, 4.69) is 40.3 Å². The van der Waals surface area contributed by atoms with Crippen LogP contribution in [0, 0.1) is 6.92 Å². The molecular weight excluding hydrogens is 342 g/mol. The van der Waals surface area contributed by atoms with Gasteiger partial charge in [0, 0.05) is 13.0 Å². The predicted molar refractivity (Wildman–Crippen MR) is 92.0 cm³/mol. The van der Waals surface area contributed by atoms with Gasteiger partial charge >= 0.3 is 0 Å². The second-order valence-electron chi connectivity index (χ2n) is 5.23. The van der Waals surface area contributed by atoms with Gasteiger partial charge in [0.25, 0.3) is 0 Å². The topological polar surface area (TPSA) is 38.3 Å². The molecule has 2 aromatic rings. The van der Waals surface area contributed by atoms with Gasteiger partial charge in [0.1, 0.15) is 5.75 Å². The lowest BCUT2D eigenvalue weighted by molar-refractivity contribution is -0.121. The lowest BCUT2D eigenvalue weighted by Gasteiger charge is -2.08. The Morgan fingerprint density at radius 1 is 1.14 bits per heavy atom. The molecule has 0 aliphatic heterocycles. The van der Waals surface area contributed by atoms with E-state index in [1.54, 1.807) is 7.11 Å². The highest BCUT2D eigenvalue weighted by molar-refractivity contribution is 9.10. The lowest BCUT2D eigenvalue weighted by atomic mass is 10.1. The fourth-order valence-electron chi connectivity index (χ4n) is 2.12. The molecule has 0 bridgehead atoms. The molecule has 0 aliphatic carbocycles. The monoisotopic (exact) mass is 361 g/mol. The van der Waals surface area contributed by atoms with Crippen LogP contribution in [0.5, 0.6) is 5.75 Å². The molecule has 0 saturated heterocycles. The van der Waals surface area contributed by atoms with Gasteiger partial charge in [-0.3, -0.25) is 4.79 Å². The molecule has 0 fully saturated rings. The van der Waals surface area contributed by atoms with Crippen LogP contribution in [0.25, 0.3) is 0 Å². The van der Waals surface area contributed by atoms with Gasteiger partial charge in [0.2, 0.25) is 5.91 Å². The van der Waals surface area contributed by atoms with Crippen molar-refractivity contribution >= 4 is 21.8 Å². The highest BCUT2D eigenvalue weighted by Crippen LogP contribution is 2.25. The Labute approximate surface area is 139 Å². The molecule has 0 heterocycles. The molecule has 0 radical (unpaired) electrons. The number of carbonyl (C=O) groups excluding carboxylic acids is 1. The van der Waals surface area contributed by atoms with Crippen molar-refractivity contribution in [3.05, 3.63) is 63.6 Å². The summed E-state index contributed by atoms with van der Waals surface area (Å²) in [5.74, 6) is 0.861. The molecule has 2 aromatic carbocycles. The number of methoxy groups -OCH3 is 1. The van der Waals surface area contributed by atoms with E-state index in [1.165, 1.54) is 5.56 Å². The highest BCUT2D eigenvalue weighted by Gasteiger charge is 2.05. The lowest BCUT2D eigenvalue weighted by Crippen LogP contribution is -2.22. The maximum Gasteiger partial charge on any atom is 0.220 e. The minimum atomic E-state index is 0.0625. The van der Waals surface area contributed by atoms with Gasteiger partial charge in [0.05, 0.1) is 11.6 Å². The summed E-state index contributed by atoms with van der Waals surface area (Å²) in [6, 6.07) is 14.1. The van der Waals surface area contributed by atoms with Crippen molar-refractivity contribution in [2.75, 3.05) is 7.11 Å². The molecule has 1 amide bonds. The SMILES string of the molecule is COc1ccc(CCC(=O)NCc2ccc(C)cc2)cc1Br. The van der Waals surface area contributed by atoms with Crippen LogP contribution in [-0.2, 0) is 17.8 Å². The van der Waals surface area contributed by atoms with Crippen LogP contribution in [0.4, 0.5) is 0 Å². The number of ether oxygens (including phenoxy) is 1. The Kier molecular flexibility index (Phi) is 6.01. The second-order valence-corrected chi connectivity index (χ2v) is 6.09. The van der Waals surface area contributed by atoms with Crippen LogP contribution >= 0.6 is 15.9 Å². The number of carbonyl (C=O) groups is 1. The Balaban J connectivity index is 1.80. The molecule has 116 valence electrons. The number of aryl methyl sites for hydroxylation is 2. The molecule has 0 aromatic heterocycles. The summed E-state index contributed by atoms with van der Waals surface area (Å²) in [6.45, 7) is 2.63. The van der Waals surface area contributed by atoms with Crippen LogP contribution in [0.15, 0.2) is 46.9 Å². The highest BCUT2D eigenvalue weighted by atomic mass is 79.9. The summed E-state index contributed by atoms with van der Waals surface area (Å²) in [6.07, 6.45) is 1.19. The first-order valence-corrected chi connectivity index (χ1v) is 8.02. The summed E-state index contributed by atoms with van der Waals surface area (Å²) >= 11 is 3.46. The average molecular weight is 362 g/mol. The minimum absolute atomic E-state index is 0.0625. The van der Waals surface area contributed by atoms with Crippen LogP contribution < -0.4 is 10.1 Å². The van der Waals surface area contributed by atoms with Crippen molar-refractivity contribution < 1.29 is 9.53 Å². The Morgan fingerprint density at radius 3 is 2.45 bits per heavy atom. The molecule has 0 aliphatic rings. The van der Waals surface area contributed by atoms with Gasteiger partial charge < -0.3 is 10.1 Å². The zero-order chi connectivity index (χ0) is 15.9. The summed E-state index contributed by atoms with van der Waals surface area (Å²) in [4.78, 5) is 11.9. The van der Waals surface area contributed by atoms with Gasteiger partial charge in [-0.05, 0) is 52.5 Å². The molecule has 0 unspecified atom stereocenters. The minimum Gasteiger partial charge on any atom is -0.496 e. The Morgan fingerprint density at radius 2 is 1.82 bits per heavy atom. The van der Waals surface area contributed by atoms with Crippen LogP contribution in [-0.4, -0.2) is 13.0 Å². The van der Waals surface area contributed by atoms with Gasteiger partial charge in [0.15, 0.2) is 0 Å². The van der Waals surface area contributed by atoms with Gasteiger partial charge in [-0.1, -0.05) is 35.9 Å². The maximum atomic E-state index is 11.9. The molecule has 0 spiro atoms. The summed E-state index contributed by atoms with van der Waals surface area (Å²) in [5, 5.41) is 2.95. The van der Waals surface area contributed by atoms with Crippen molar-refractivity contribution in [2.45, 2.75) is 26.3 Å². The predicted octanol–water partition coefficient (Wildman–Crippen LogP) is 4.02. The number of amides is 1. The first kappa shape index (κ1) is 16.6. The number of hydrogen-bond donors (Lipinski definition) is 1. The van der Waals surface area contributed by atoms with E-state index < -0.39 is 0 Å². The standard InChI is InChI=1S/C18H20BrNO2/c1-13-3-5-15(6-4-13)12-20-18(21)10-8-14-7-9-17(22-2)16(19)11-14/h3-7,9,11H,8,10,12H2,1-2H3,(H,20,21). The van der Waals surface area contributed by atoms with E-state index in [1.807, 2.05) is 30.3 Å². The van der Waals surface area contributed by atoms with Crippen LogP contribution in [0.2, 0.25) is 0 Å². The number of nitrogens with one attached hydrogen (secondary N) is 1. The van der Waals surface area contributed by atoms with Crippen LogP contribution in [0.1, 0.15) is 23.1 Å². The summed E-state index contributed by atoms with van der Waals surface area (Å²) in [5.41, 5.74) is 3.45. The van der Waals surface area contributed by atoms with E-state index in [0.717, 1.165) is 21.3 Å². The van der Waals surface area contributed by atoms with Crippen molar-refractivity contribution in [1.82, 2.24) is 5.32 Å². The van der Waals surface area contributed by atoms with E-state index in [0.29, 0.717) is 19.4 Å². The van der Waals surface area contributed by atoms with E-state index in [4.69, 9.17) is 4.74 Å². The number of hydrogen-bond acceptors (Lipinski definition) is 2. The molecule has 1 N–H and O–H groups in total. The maximum absolute atomic E-state index is 11.9. The normalized spacial score (nSPS) is 10.3. The smallest absolute Gasteiger partial charge is 0.220 e. The summed E-state index contributed by atoms with van der Waals surface area (Å²) in [7, 11) is 1.64.